The van der Waals surface area contributed by atoms with Gasteiger partial charge in [0.25, 0.3) is 0 Å². The second kappa shape index (κ2) is 5.76. The smallest absolute Gasteiger partial charge is 0.218 e. The summed E-state index contributed by atoms with van der Waals surface area (Å²) in [5.41, 5.74) is 1.21. The van der Waals surface area contributed by atoms with Crippen LogP contribution in [0, 0.1) is 0 Å². The van der Waals surface area contributed by atoms with E-state index in [0.717, 1.165) is 4.90 Å². The summed E-state index contributed by atoms with van der Waals surface area (Å²) >= 11 is 7.44. The van der Waals surface area contributed by atoms with Crippen molar-refractivity contribution in [3.05, 3.63) is 70.2 Å². The van der Waals surface area contributed by atoms with E-state index in [9.17, 15) is 9.59 Å². The molecule has 1 aliphatic heterocycles. The molecule has 2 aromatic rings. The molecule has 0 atom stereocenters. The fraction of sp³-hybridized carbons (Fsp3) is 0. The molecule has 3 rings (SSSR count). The fourth-order valence-corrected chi connectivity index (χ4v) is 3.33. The van der Waals surface area contributed by atoms with Crippen LogP contribution in [-0.4, -0.2) is 12.2 Å². The van der Waals surface area contributed by atoms with E-state index < -0.39 is 0 Å². The van der Waals surface area contributed by atoms with Crippen molar-refractivity contribution in [3.8, 4) is 0 Å². The lowest BCUT2D eigenvalue weighted by Crippen LogP contribution is -2.15. The molecule has 0 saturated heterocycles. The van der Waals surface area contributed by atoms with E-state index in [4.69, 9.17) is 11.6 Å². The fourth-order valence-electron chi connectivity index (χ4n) is 2.07. The van der Waals surface area contributed by atoms with Crippen molar-refractivity contribution in [2.45, 2.75) is 4.90 Å². The molecule has 0 fully saturated rings. The van der Waals surface area contributed by atoms with Crippen LogP contribution in [0.25, 0.3) is 0 Å². The number of allylic oxidation sites excluding steroid dienone is 1. The average molecular weight is 316 g/mol. The highest BCUT2D eigenvalue weighted by molar-refractivity contribution is 8.04. The number of thioether (sulfide) groups is 1. The summed E-state index contributed by atoms with van der Waals surface area (Å²) in [4.78, 5) is 26.4. The number of hydrogen-bond donors (Lipinski definition) is 0. The Hall–Kier alpha value is -2.04. The number of para-hydroxylation sites is 1. The monoisotopic (exact) mass is 315 g/mol. The van der Waals surface area contributed by atoms with Gasteiger partial charge in [0.2, 0.25) is 12.2 Å². The molecule has 1 heterocycles. The number of Topliss-reactive ketones (excluding diaryl/α,β-unsaturated/α-hetero) is 1. The molecule has 104 valence electrons. The van der Waals surface area contributed by atoms with Crippen molar-refractivity contribution in [2.24, 2.45) is 0 Å². The van der Waals surface area contributed by atoms with E-state index in [1.807, 2.05) is 18.2 Å². The third-order valence-electron chi connectivity index (χ3n) is 3.08. The Kier molecular flexibility index (Phi) is 3.82. The normalized spacial score (nSPS) is 15.1. The van der Waals surface area contributed by atoms with Gasteiger partial charge in [-0.05, 0) is 24.3 Å². The van der Waals surface area contributed by atoms with Crippen LogP contribution in [0.4, 0.5) is 5.69 Å². The number of benzene rings is 2. The van der Waals surface area contributed by atoms with Crippen LogP contribution in [0.1, 0.15) is 10.4 Å². The number of halogens is 1. The summed E-state index contributed by atoms with van der Waals surface area (Å²) in [6.45, 7) is 0. The van der Waals surface area contributed by atoms with Crippen molar-refractivity contribution < 1.29 is 9.59 Å². The molecule has 0 N–H and O–H groups in total. The Morgan fingerprint density at radius 2 is 1.76 bits per heavy atom. The number of hydrogen-bond acceptors (Lipinski definition) is 3. The van der Waals surface area contributed by atoms with E-state index in [1.165, 1.54) is 22.9 Å². The van der Waals surface area contributed by atoms with E-state index in [2.05, 4.69) is 0 Å². The van der Waals surface area contributed by atoms with Crippen LogP contribution < -0.4 is 4.90 Å². The first-order valence-corrected chi connectivity index (χ1v) is 7.41. The van der Waals surface area contributed by atoms with Gasteiger partial charge < -0.3 is 0 Å². The quantitative estimate of drug-likeness (QED) is 0.631. The van der Waals surface area contributed by atoms with Crippen LogP contribution >= 0.6 is 23.4 Å². The second-order valence-corrected chi connectivity index (χ2v) is 5.88. The highest BCUT2D eigenvalue weighted by Crippen LogP contribution is 2.40. The highest BCUT2D eigenvalue weighted by atomic mass is 35.5. The summed E-state index contributed by atoms with van der Waals surface area (Å²) in [5.74, 6) is -0.0745. The van der Waals surface area contributed by atoms with Crippen molar-refractivity contribution >= 4 is 41.2 Å². The minimum atomic E-state index is -0.0745. The molecule has 0 bridgehead atoms. The summed E-state index contributed by atoms with van der Waals surface area (Å²) in [6, 6.07) is 14.4. The average Bonchev–Trinajstić information content (AvgIpc) is 2.82. The Labute approximate surface area is 131 Å². The number of nitrogens with zero attached hydrogens (tertiary/aromatic N) is 1. The molecule has 1 aliphatic rings. The minimum absolute atomic E-state index is 0.0745. The Morgan fingerprint density at radius 3 is 2.48 bits per heavy atom. The zero-order valence-corrected chi connectivity index (χ0v) is 12.4. The third kappa shape index (κ3) is 2.60. The molecule has 5 heteroatoms. The minimum Gasteiger partial charge on any atom is -0.288 e. The number of ketones is 1. The Bertz CT molecular complexity index is 757. The van der Waals surface area contributed by atoms with Crippen LogP contribution in [0.3, 0.4) is 0 Å². The van der Waals surface area contributed by atoms with Gasteiger partial charge in [-0.3, -0.25) is 14.5 Å². The van der Waals surface area contributed by atoms with Crippen LogP contribution in [0.15, 0.2) is 64.5 Å². The molecular weight excluding hydrogens is 306 g/mol. The molecule has 0 aromatic heterocycles. The van der Waals surface area contributed by atoms with Gasteiger partial charge in [0, 0.05) is 16.7 Å². The van der Waals surface area contributed by atoms with E-state index in [-0.39, 0.29) is 5.78 Å². The van der Waals surface area contributed by atoms with Gasteiger partial charge in [-0.15, -0.1) is 0 Å². The van der Waals surface area contributed by atoms with Gasteiger partial charge in [0.05, 0.1) is 15.6 Å². The lowest BCUT2D eigenvalue weighted by Gasteiger charge is -2.14. The van der Waals surface area contributed by atoms with E-state index in [1.54, 1.807) is 30.3 Å². The predicted molar refractivity (Wildman–Crippen MR) is 84.7 cm³/mol. The summed E-state index contributed by atoms with van der Waals surface area (Å²) in [5, 5.41) is 0.453. The standard InChI is InChI=1S/C16H10ClNO2S/c17-12-6-2-3-7-13(12)18(10-19)9-15-16(20)11-5-1-4-8-14(11)21-15/h1-10H. The lowest BCUT2D eigenvalue weighted by molar-refractivity contribution is -0.106. The highest BCUT2D eigenvalue weighted by Gasteiger charge is 2.26. The second-order valence-electron chi connectivity index (χ2n) is 4.38. The SMILES string of the molecule is O=CN(C=C1Sc2ccccc2C1=O)c1ccccc1Cl. The van der Waals surface area contributed by atoms with Crippen molar-refractivity contribution in [1.82, 2.24) is 0 Å². The largest absolute Gasteiger partial charge is 0.288 e. The van der Waals surface area contributed by atoms with Gasteiger partial charge in [-0.2, -0.15) is 0 Å². The molecule has 1 amide bonds. The summed E-state index contributed by atoms with van der Waals surface area (Å²) < 4.78 is 0. The number of anilines is 1. The Balaban J connectivity index is 1.97. The van der Waals surface area contributed by atoms with Crippen LogP contribution in [0.5, 0.6) is 0 Å². The number of carbonyl (C=O) groups is 2. The maximum atomic E-state index is 12.3. The number of rotatable bonds is 3. The van der Waals surface area contributed by atoms with E-state index in [0.29, 0.717) is 27.6 Å². The van der Waals surface area contributed by atoms with Crippen LogP contribution in [0.2, 0.25) is 5.02 Å². The molecule has 0 saturated carbocycles. The molecule has 0 spiro atoms. The number of amides is 1. The topological polar surface area (TPSA) is 37.4 Å². The maximum Gasteiger partial charge on any atom is 0.218 e. The zero-order valence-electron chi connectivity index (χ0n) is 10.8. The lowest BCUT2D eigenvalue weighted by atomic mass is 10.1. The molecule has 0 radical (unpaired) electrons. The molecule has 2 aromatic carbocycles. The van der Waals surface area contributed by atoms with Gasteiger partial charge in [-0.25, -0.2) is 0 Å². The molecule has 21 heavy (non-hydrogen) atoms. The van der Waals surface area contributed by atoms with Gasteiger partial charge in [0.1, 0.15) is 0 Å². The first-order valence-electron chi connectivity index (χ1n) is 6.22. The predicted octanol–water partition coefficient (Wildman–Crippen LogP) is 4.13. The van der Waals surface area contributed by atoms with Crippen molar-refractivity contribution in [2.75, 3.05) is 4.90 Å². The van der Waals surface area contributed by atoms with Crippen molar-refractivity contribution in [3.63, 3.8) is 0 Å². The van der Waals surface area contributed by atoms with Crippen molar-refractivity contribution in [1.29, 1.82) is 0 Å². The first kappa shape index (κ1) is 13.9. The first-order chi connectivity index (χ1) is 10.2. The Morgan fingerprint density at radius 1 is 1.05 bits per heavy atom. The molecular formula is C16H10ClNO2S. The summed E-state index contributed by atoms with van der Waals surface area (Å²) in [6.07, 6.45) is 2.17. The molecule has 3 nitrogen and oxygen atoms in total. The number of fused-ring (bicyclic) bond motifs is 1. The van der Waals surface area contributed by atoms with Gasteiger partial charge >= 0.3 is 0 Å². The van der Waals surface area contributed by atoms with Crippen LogP contribution in [-0.2, 0) is 4.79 Å². The third-order valence-corrected chi connectivity index (χ3v) is 4.48. The maximum absolute atomic E-state index is 12.3. The molecule has 0 unspecified atom stereocenters. The zero-order chi connectivity index (χ0) is 14.8. The molecule has 0 aliphatic carbocycles. The van der Waals surface area contributed by atoms with E-state index >= 15 is 0 Å². The number of carbonyl (C=O) groups excluding carboxylic acids is 2. The summed E-state index contributed by atoms with van der Waals surface area (Å²) in [7, 11) is 0. The van der Waals surface area contributed by atoms with Gasteiger partial charge in [-0.1, -0.05) is 47.6 Å². The van der Waals surface area contributed by atoms with Gasteiger partial charge in [0.15, 0.2) is 0 Å².